The maximum absolute atomic E-state index is 12.9. The summed E-state index contributed by atoms with van der Waals surface area (Å²) in [5.74, 6) is 0.399. The molecule has 0 aliphatic heterocycles. The molecular weight excluding hydrogens is 389 g/mol. The second kappa shape index (κ2) is 7.90. The topological polar surface area (TPSA) is 65.4 Å². The largest absolute Gasteiger partial charge is 0.495 e. The first-order chi connectivity index (χ1) is 13.0. The van der Waals surface area contributed by atoms with Crippen LogP contribution in [-0.4, -0.2) is 29.9 Å². The number of benzene rings is 2. The van der Waals surface area contributed by atoms with Crippen LogP contribution >= 0.6 is 23.2 Å². The predicted octanol–water partition coefficient (Wildman–Crippen LogP) is 4.76. The lowest BCUT2D eigenvalue weighted by Gasteiger charge is -2.13. The fourth-order valence-electron chi connectivity index (χ4n) is 2.64. The van der Waals surface area contributed by atoms with Crippen molar-refractivity contribution in [1.82, 2.24) is 9.78 Å². The van der Waals surface area contributed by atoms with Crippen molar-refractivity contribution in [3.8, 4) is 17.2 Å². The van der Waals surface area contributed by atoms with Crippen LogP contribution in [0.15, 0.2) is 42.5 Å². The SMILES string of the molecule is COc1cc(NC(=O)c2c(C)nn(-c3ccccc3)c2Cl)c(OC)cc1Cl. The van der Waals surface area contributed by atoms with Crippen molar-refractivity contribution in [3.63, 3.8) is 0 Å². The van der Waals surface area contributed by atoms with Gasteiger partial charge in [-0.3, -0.25) is 4.79 Å². The molecule has 0 unspecified atom stereocenters. The van der Waals surface area contributed by atoms with Gasteiger partial charge in [0.05, 0.1) is 36.3 Å². The number of carbonyl (C=O) groups excluding carboxylic acids is 1. The summed E-state index contributed by atoms with van der Waals surface area (Å²) in [6.45, 7) is 1.72. The number of rotatable bonds is 5. The summed E-state index contributed by atoms with van der Waals surface area (Å²) in [5.41, 5.74) is 1.94. The summed E-state index contributed by atoms with van der Waals surface area (Å²) in [5, 5.41) is 7.76. The average Bonchev–Trinajstić information content (AvgIpc) is 2.97. The number of methoxy groups -OCH3 is 2. The Morgan fingerprint density at radius 3 is 2.37 bits per heavy atom. The third-order valence-corrected chi connectivity index (χ3v) is 4.60. The Bertz CT molecular complexity index is 988. The predicted molar refractivity (Wildman–Crippen MR) is 106 cm³/mol. The minimum absolute atomic E-state index is 0.219. The number of para-hydroxylation sites is 1. The van der Waals surface area contributed by atoms with Gasteiger partial charge in [-0.2, -0.15) is 5.10 Å². The standard InChI is InChI=1S/C19H17Cl2N3O3/c1-11-17(18(21)24(23-11)12-7-5-4-6-8-12)19(25)22-14-10-15(26-2)13(20)9-16(14)27-3/h4-10H,1-3H3,(H,22,25). The highest BCUT2D eigenvalue weighted by Gasteiger charge is 2.22. The van der Waals surface area contributed by atoms with Crippen LogP contribution in [0.25, 0.3) is 5.69 Å². The maximum Gasteiger partial charge on any atom is 0.260 e. The van der Waals surface area contributed by atoms with Crippen LogP contribution in [0, 0.1) is 6.92 Å². The lowest BCUT2D eigenvalue weighted by molar-refractivity contribution is 0.102. The maximum atomic E-state index is 12.9. The van der Waals surface area contributed by atoms with E-state index in [0.29, 0.717) is 27.9 Å². The molecule has 1 amide bonds. The molecular formula is C19H17Cl2N3O3. The first kappa shape index (κ1) is 19.1. The van der Waals surface area contributed by atoms with E-state index < -0.39 is 5.91 Å². The van der Waals surface area contributed by atoms with E-state index in [1.807, 2.05) is 30.3 Å². The molecule has 3 rings (SSSR count). The molecule has 0 aliphatic carbocycles. The molecule has 0 bridgehead atoms. The second-order valence-electron chi connectivity index (χ2n) is 5.64. The van der Waals surface area contributed by atoms with Gasteiger partial charge in [0.25, 0.3) is 5.91 Å². The van der Waals surface area contributed by atoms with Crippen molar-refractivity contribution in [1.29, 1.82) is 0 Å². The first-order valence-electron chi connectivity index (χ1n) is 7.99. The van der Waals surface area contributed by atoms with Gasteiger partial charge in [0.2, 0.25) is 0 Å². The number of ether oxygens (including phenoxy) is 2. The zero-order chi connectivity index (χ0) is 19.6. The molecule has 27 heavy (non-hydrogen) atoms. The minimum Gasteiger partial charge on any atom is -0.495 e. The van der Waals surface area contributed by atoms with Crippen molar-refractivity contribution >= 4 is 34.8 Å². The average molecular weight is 406 g/mol. The van der Waals surface area contributed by atoms with Gasteiger partial charge in [-0.05, 0) is 19.1 Å². The third-order valence-electron chi connectivity index (χ3n) is 3.95. The van der Waals surface area contributed by atoms with E-state index in [-0.39, 0.29) is 10.7 Å². The first-order valence-corrected chi connectivity index (χ1v) is 8.75. The molecule has 3 aromatic rings. The second-order valence-corrected chi connectivity index (χ2v) is 6.40. The summed E-state index contributed by atoms with van der Waals surface area (Å²) in [4.78, 5) is 12.9. The number of aryl methyl sites for hydroxylation is 1. The van der Waals surface area contributed by atoms with Crippen LogP contribution < -0.4 is 14.8 Å². The highest BCUT2D eigenvalue weighted by molar-refractivity contribution is 6.34. The summed E-state index contributed by atoms with van der Waals surface area (Å²) in [7, 11) is 2.98. The van der Waals surface area contributed by atoms with Crippen LogP contribution in [-0.2, 0) is 0 Å². The van der Waals surface area contributed by atoms with Gasteiger partial charge >= 0.3 is 0 Å². The Labute approximate surface area is 166 Å². The Balaban J connectivity index is 1.97. The molecule has 6 nitrogen and oxygen atoms in total. The quantitative estimate of drug-likeness (QED) is 0.664. The number of hydrogen-bond donors (Lipinski definition) is 1. The summed E-state index contributed by atoms with van der Waals surface area (Å²) >= 11 is 12.5. The van der Waals surface area contributed by atoms with Gasteiger partial charge in [-0.1, -0.05) is 41.4 Å². The van der Waals surface area contributed by atoms with Crippen LogP contribution in [0.4, 0.5) is 5.69 Å². The summed E-state index contributed by atoms with van der Waals surface area (Å²) in [6.07, 6.45) is 0. The molecule has 1 N–H and O–H groups in total. The highest BCUT2D eigenvalue weighted by Crippen LogP contribution is 2.36. The van der Waals surface area contributed by atoms with Gasteiger partial charge in [-0.25, -0.2) is 4.68 Å². The number of carbonyl (C=O) groups is 1. The Morgan fingerprint density at radius 2 is 1.74 bits per heavy atom. The number of hydrogen-bond acceptors (Lipinski definition) is 4. The highest BCUT2D eigenvalue weighted by atomic mass is 35.5. The molecule has 0 radical (unpaired) electrons. The molecule has 0 atom stereocenters. The molecule has 8 heteroatoms. The molecule has 0 spiro atoms. The van der Waals surface area contributed by atoms with E-state index in [4.69, 9.17) is 32.7 Å². The van der Waals surface area contributed by atoms with Crippen LogP contribution in [0.3, 0.4) is 0 Å². The van der Waals surface area contributed by atoms with E-state index >= 15 is 0 Å². The summed E-state index contributed by atoms with van der Waals surface area (Å²) < 4.78 is 12.0. The van der Waals surface area contributed by atoms with E-state index in [9.17, 15) is 4.79 Å². The lowest BCUT2D eigenvalue weighted by atomic mass is 10.2. The number of nitrogens with one attached hydrogen (secondary N) is 1. The molecule has 0 fully saturated rings. The number of anilines is 1. The van der Waals surface area contributed by atoms with E-state index in [2.05, 4.69) is 10.4 Å². The van der Waals surface area contributed by atoms with E-state index in [1.54, 1.807) is 19.1 Å². The third kappa shape index (κ3) is 3.72. The van der Waals surface area contributed by atoms with Crippen LogP contribution in [0.1, 0.15) is 16.1 Å². The van der Waals surface area contributed by atoms with Gasteiger partial charge in [0, 0.05) is 12.1 Å². The lowest BCUT2D eigenvalue weighted by Crippen LogP contribution is -2.14. The van der Waals surface area contributed by atoms with Crippen molar-refractivity contribution in [3.05, 3.63) is 63.9 Å². The molecule has 0 aliphatic rings. The fraction of sp³-hybridized carbons (Fsp3) is 0.158. The van der Waals surface area contributed by atoms with E-state index in [0.717, 1.165) is 5.69 Å². The molecule has 1 aromatic heterocycles. The zero-order valence-corrected chi connectivity index (χ0v) is 16.4. The normalized spacial score (nSPS) is 10.6. The summed E-state index contributed by atoms with van der Waals surface area (Å²) in [6, 6.07) is 12.5. The number of nitrogens with zero attached hydrogens (tertiary/aromatic N) is 2. The molecule has 2 aromatic carbocycles. The molecule has 0 saturated heterocycles. The minimum atomic E-state index is -0.414. The molecule has 140 valence electrons. The fourth-order valence-corrected chi connectivity index (χ4v) is 3.23. The van der Waals surface area contributed by atoms with Gasteiger partial charge < -0.3 is 14.8 Å². The van der Waals surface area contributed by atoms with Crippen LogP contribution in [0.5, 0.6) is 11.5 Å². The van der Waals surface area contributed by atoms with Crippen molar-refractivity contribution < 1.29 is 14.3 Å². The Kier molecular flexibility index (Phi) is 5.58. The van der Waals surface area contributed by atoms with Crippen molar-refractivity contribution in [2.24, 2.45) is 0 Å². The smallest absolute Gasteiger partial charge is 0.260 e. The van der Waals surface area contributed by atoms with Gasteiger partial charge in [0.1, 0.15) is 22.2 Å². The number of aromatic nitrogens is 2. The van der Waals surface area contributed by atoms with Crippen molar-refractivity contribution in [2.45, 2.75) is 6.92 Å². The Morgan fingerprint density at radius 1 is 1.07 bits per heavy atom. The number of halogens is 2. The van der Waals surface area contributed by atoms with Crippen molar-refractivity contribution in [2.75, 3.05) is 19.5 Å². The van der Waals surface area contributed by atoms with E-state index in [1.165, 1.54) is 18.9 Å². The molecule has 0 saturated carbocycles. The van der Waals surface area contributed by atoms with Gasteiger partial charge in [0.15, 0.2) is 0 Å². The molecule has 1 heterocycles. The number of amides is 1. The monoisotopic (exact) mass is 405 g/mol. The Hall–Kier alpha value is -2.70. The zero-order valence-electron chi connectivity index (χ0n) is 14.9. The van der Waals surface area contributed by atoms with Crippen LogP contribution in [0.2, 0.25) is 10.2 Å². The van der Waals surface area contributed by atoms with Gasteiger partial charge in [-0.15, -0.1) is 0 Å².